The summed E-state index contributed by atoms with van der Waals surface area (Å²) in [5.41, 5.74) is 1.67. The van der Waals surface area contributed by atoms with Gasteiger partial charge >= 0.3 is 6.09 Å². The van der Waals surface area contributed by atoms with Gasteiger partial charge in [-0.3, -0.25) is 9.59 Å². The summed E-state index contributed by atoms with van der Waals surface area (Å²) >= 11 is 0. The second kappa shape index (κ2) is 14.3. The monoisotopic (exact) mass is 495 g/mol. The molecule has 2 N–H and O–H groups in total. The topological polar surface area (TPSA) is 87.7 Å². The lowest BCUT2D eigenvalue weighted by atomic mass is 10.0. The molecule has 7 heteroatoms. The third-order valence-corrected chi connectivity index (χ3v) is 5.68. The Kier molecular flexibility index (Phi) is 11.4. The summed E-state index contributed by atoms with van der Waals surface area (Å²) in [6.45, 7) is 9.51. The number of amides is 3. The molecule has 0 aliphatic rings. The molecule has 196 valence electrons. The van der Waals surface area contributed by atoms with Gasteiger partial charge in [0.2, 0.25) is 5.91 Å². The van der Waals surface area contributed by atoms with Gasteiger partial charge in [0, 0.05) is 12.2 Å². The van der Waals surface area contributed by atoms with Gasteiger partial charge in [0.05, 0.1) is 0 Å². The number of carbonyl (C=O) groups excluding carboxylic acids is 3. The predicted molar refractivity (Wildman–Crippen MR) is 144 cm³/mol. The van der Waals surface area contributed by atoms with Crippen LogP contribution in [0.2, 0.25) is 0 Å². The largest absolute Gasteiger partial charge is 0.444 e. The second-order valence-corrected chi connectivity index (χ2v) is 9.97. The van der Waals surface area contributed by atoms with Crippen molar-refractivity contribution in [3.05, 3.63) is 65.7 Å². The molecule has 36 heavy (non-hydrogen) atoms. The molecule has 0 saturated carbocycles. The Hall–Kier alpha value is -3.35. The Morgan fingerprint density at radius 2 is 1.56 bits per heavy atom. The van der Waals surface area contributed by atoms with Gasteiger partial charge < -0.3 is 20.3 Å². The van der Waals surface area contributed by atoms with E-state index in [0.29, 0.717) is 17.8 Å². The number of carbonyl (C=O) groups is 3. The number of hydrogen-bond acceptors (Lipinski definition) is 4. The molecule has 2 aromatic rings. The summed E-state index contributed by atoms with van der Waals surface area (Å²) in [4.78, 5) is 40.9. The maximum absolute atomic E-state index is 13.7. The molecule has 0 spiro atoms. The van der Waals surface area contributed by atoms with E-state index in [4.69, 9.17) is 4.74 Å². The van der Waals surface area contributed by atoms with Crippen molar-refractivity contribution in [1.82, 2.24) is 10.2 Å². The maximum Gasteiger partial charge on any atom is 0.408 e. The van der Waals surface area contributed by atoms with Crippen molar-refractivity contribution in [3.8, 4) is 0 Å². The molecule has 7 nitrogen and oxygen atoms in total. The van der Waals surface area contributed by atoms with Crippen LogP contribution in [-0.2, 0) is 14.3 Å². The molecule has 0 radical (unpaired) electrons. The van der Waals surface area contributed by atoms with Crippen LogP contribution in [0.1, 0.15) is 77.0 Å². The van der Waals surface area contributed by atoms with Crippen LogP contribution < -0.4 is 10.6 Å². The quantitative estimate of drug-likeness (QED) is 0.354. The van der Waals surface area contributed by atoms with Gasteiger partial charge in [-0.05, 0) is 51.3 Å². The number of ether oxygens (including phenoxy) is 1. The molecule has 0 heterocycles. The highest BCUT2D eigenvalue weighted by atomic mass is 16.6. The minimum atomic E-state index is -0.843. The van der Waals surface area contributed by atoms with E-state index in [1.165, 1.54) is 0 Å². The van der Waals surface area contributed by atoms with Crippen molar-refractivity contribution in [3.63, 3.8) is 0 Å². The lowest BCUT2D eigenvalue weighted by Crippen LogP contribution is -2.47. The van der Waals surface area contributed by atoms with Crippen molar-refractivity contribution >= 4 is 23.6 Å². The Morgan fingerprint density at radius 3 is 2.19 bits per heavy atom. The zero-order chi connectivity index (χ0) is 26.6. The molecule has 1 unspecified atom stereocenters. The summed E-state index contributed by atoms with van der Waals surface area (Å²) in [7, 11) is 0. The van der Waals surface area contributed by atoms with Gasteiger partial charge in [0.15, 0.2) is 0 Å². The summed E-state index contributed by atoms with van der Waals surface area (Å²) in [6.07, 6.45) is 4.37. The molecule has 2 aromatic carbocycles. The molecule has 0 fully saturated rings. The van der Waals surface area contributed by atoms with Crippen molar-refractivity contribution in [2.24, 2.45) is 0 Å². The lowest BCUT2D eigenvalue weighted by molar-refractivity contribution is -0.138. The third-order valence-electron chi connectivity index (χ3n) is 5.68. The molecule has 0 aliphatic heterocycles. The first-order valence-corrected chi connectivity index (χ1v) is 12.8. The number of anilines is 1. The Labute approximate surface area is 215 Å². The first kappa shape index (κ1) is 28.9. The molecule has 0 aromatic heterocycles. The van der Waals surface area contributed by atoms with Crippen LogP contribution in [0.4, 0.5) is 10.5 Å². The fourth-order valence-corrected chi connectivity index (χ4v) is 3.87. The molecule has 0 aliphatic carbocycles. The molecule has 1 atom stereocenters. The number of unbranched alkanes of at least 4 members (excludes halogenated alkanes) is 4. The predicted octanol–water partition coefficient (Wildman–Crippen LogP) is 6.00. The summed E-state index contributed by atoms with van der Waals surface area (Å²) in [5, 5.41) is 5.56. The minimum Gasteiger partial charge on any atom is -0.444 e. The van der Waals surface area contributed by atoms with Crippen molar-refractivity contribution < 1.29 is 19.1 Å². The van der Waals surface area contributed by atoms with Crippen molar-refractivity contribution in [1.29, 1.82) is 0 Å². The number of alkyl carbamates (subject to hydrolysis) is 1. The van der Waals surface area contributed by atoms with Crippen LogP contribution in [0.25, 0.3) is 0 Å². The zero-order valence-electron chi connectivity index (χ0n) is 22.3. The highest BCUT2D eigenvalue weighted by Crippen LogP contribution is 2.25. The Morgan fingerprint density at radius 1 is 0.917 bits per heavy atom. The van der Waals surface area contributed by atoms with Crippen LogP contribution >= 0.6 is 0 Å². The number of nitrogens with one attached hydrogen (secondary N) is 2. The van der Waals surface area contributed by atoms with Crippen LogP contribution in [0.3, 0.4) is 0 Å². The SMILES string of the molecule is CCCCCCCN(C(=O)CNC(=O)OC(C)(C)C)C(C(=O)Nc1ccccc1C)c1ccccc1. The second-order valence-electron chi connectivity index (χ2n) is 9.97. The number of aryl methyl sites for hydroxylation is 1. The Bertz CT molecular complexity index is 986. The first-order chi connectivity index (χ1) is 17.1. The number of rotatable bonds is 12. The van der Waals surface area contributed by atoms with Crippen LogP contribution in [0.5, 0.6) is 0 Å². The van der Waals surface area contributed by atoms with Crippen LogP contribution in [0.15, 0.2) is 54.6 Å². The fourth-order valence-electron chi connectivity index (χ4n) is 3.87. The number of hydrogen-bond donors (Lipinski definition) is 2. The van der Waals surface area contributed by atoms with Gasteiger partial charge in [-0.15, -0.1) is 0 Å². The summed E-state index contributed by atoms with van der Waals surface area (Å²) in [6, 6.07) is 16.0. The molecular formula is C29H41N3O4. The van der Waals surface area contributed by atoms with Crippen LogP contribution in [0, 0.1) is 6.92 Å². The normalized spacial score (nSPS) is 11.9. The van der Waals surface area contributed by atoms with E-state index in [0.717, 1.165) is 37.7 Å². The van der Waals surface area contributed by atoms with E-state index in [-0.39, 0.29) is 18.4 Å². The van der Waals surface area contributed by atoms with E-state index < -0.39 is 17.7 Å². The highest BCUT2D eigenvalue weighted by molar-refractivity contribution is 5.98. The van der Waals surface area contributed by atoms with Gasteiger partial charge in [-0.25, -0.2) is 4.79 Å². The summed E-state index contributed by atoms with van der Waals surface area (Å²) < 4.78 is 5.28. The van der Waals surface area contributed by atoms with E-state index in [2.05, 4.69) is 17.6 Å². The van der Waals surface area contributed by atoms with Crippen molar-refractivity contribution in [2.75, 3.05) is 18.4 Å². The smallest absolute Gasteiger partial charge is 0.408 e. The highest BCUT2D eigenvalue weighted by Gasteiger charge is 2.31. The average molecular weight is 496 g/mol. The molecule has 0 bridgehead atoms. The molecule has 0 saturated heterocycles. The standard InChI is InChI=1S/C29H41N3O4/c1-6-7-8-9-15-20-32(25(33)21-30-28(35)36-29(3,4)5)26(23-17-11-10-12-18-23)27(34)31-24-19-14-13-16-22(24)2/h10-14,16-19,26H,6-9,15,20-21H2,1-5H3,(H,30,35)(H,31,34). The lowest BCUT2D eigenvalue weighted by Gasteiger charge is -2.32. The van der Waals surface area contributed by atoms with Gasteiger partial charge in [0.1, 0.15) is 18.2 Å². The van der Waals surface area contributed by atoms with E-state index >= 15 is 0 Å². The van der Waals surface area contributed by atoms with Gasteiger partial charge in [-0.1, -0.05) is 81.1 Å². The zero-order valence-corrected chi connectivity index (χ0v) is 22.3. The van der Waals surface area contributed by atoms with Crippen LogP contribution in [-0.4, -0.2) is 41.5 Å². The van der Waals surface area contributed by atoms with Gasteiger partial charge in [0.25, 0.3) is 5.91 Å². The van der Waals surface area contributed by atoms with Crippen molar-refractivity contribution in [2.45, 2.75) is 78.4 Å². The summed E-state index contributed by atoms with van der Waals surface area (Å²) in [5.74, 6) is -0.639. The first-order valence-electron chi connectivity index (χ1n) is 12.8. The molecule has 2 rings (SSSR count). The minimum absolute atomic E-state index is 0.259. The fraction of sp³-hybridized carbons (Fsp3) is 0.483. The average Bonchev–Trinajstić information content (AvgIpc) is 2.82. The number of nitrogens with zero attached hydrogens (tertiary/aromatic N) is 1. The maximum atomic E-state index is 13.7. The van der Waals surface area contributed by atoms with E-state index in [9.17, 15) is 14.4 Å². The molecule has 3 amide bonds. The third kappa shape index (κ3) is 9.72. The molecular weight excluding hydrogens is 454 g/mol. The number of benzene rings is 2. The van der Waals surface area contributed by atoms with Gasteiger partial charge in [-0.2, -0.15) is 0 Å². The number of para-hydroxylation sites is 1. The van der Waals surface area contributed by atoms with E-state index in [1.807, 2.05) is 61.5 Å². The Balaban J connectivity index is 2.30. The van der Waals surface area contributed by atoms with E-state index in [1.54, 1.807) is 25.7 Å².